The van der Waals surface area contributed by atoms with Crippen LogP contribution >= 0.6 is 0 Å². The monoisotopic (exact) mass is 370 g/mol. The molecule has 0 aliphatic carbocycles. The number of carbonyl (C=O) groups is 1. The van der Waals surface area contributed by atoms with Crippen LogP contribution in [0.2, 0.25) is 0 Å². The van der Waals surface area contributed by atoms with Crippen LogP contribution in [-0.4, -0.2) is 42.6 Å². The summed E-state index contributed by atoms with van der Waals surface area (Å²) in [7, 11) is 1.70. The lowest BCUT2D eigenvalue weighted by molar-refractivity contribution is -0.0948. The molecule has 0 N–H and O–H groups in total. The number of nitrogens with zero attached hydrogens (tertiary/aromatic N) is 2. The van der Waals surface area contributed by atoms with Gasteiger partial charge < -0.3 is 18.8 Å². The average molecular weight is 370 g/mol. The Morgan fingerprint density at radius 1 is 1.33 bits per heavy atom. The number of hydrogen-bond acceptors (Lipinski definition) is 5. The molecular formula is C21H26N2O4. The molecule has 3 heterocycles. The Kier molecular flexibility index (Phi) is 4.68. The van der Waals surface area contributed by atoms with Gasteiger partial charge in [0.15, 0.2) is 5.89 Å². The molecular weight excluding hydrogens is 344 g/mol. The van der Waals surface area contributed by atoms with Crippen LogP contribution in [0.25, 0.3) is 0 Å². The number of amides is 1. The van der Waals surface area contributed by atoms with E-state index in [4.69, 9.17) is 13.9 Å². The standard InChI is InChI=1S/C21H26N2O4/c1-4-17-22-14(2)19(27-17)20(24)23-11-9-21(10-12-23)18-15(8-13-26-21)6-5-7-16(18)25-3/h5-7H,4,8-13H2,1-3H3. The minimum absolute atomic E-state index is 0.0781. The van der Waals surface area contributed by atoms with Crippen LogP contribution in [0.15, 0.2) is 22.6 Å². The van der Waals surface area contributed by atoms with Crippen molar-refractivity contribution in [2.45, 2.75) is 45.1 Å². The van der Waals surface area contributed by atoms with Crippen LogP contribution in [0, 0.1) is 6.92 Å². The van der Waals surface area contributed by atoms with Crippen LogP contribution in [0.5, 0.6) is 5.75 Å². The number of hydrogen-bond donors (Lipinski definition) is 0. The van der Waals surface area contributed by atoms with Gasteiger partial charge in [0.2, 0.25) is 5.76 Å². The molecule has 27 heavy (non-hydrogen) atoms. The van der Waals surface area contributed by atoms with Gasteiger partial charge in [0.1, 0.15) is 11.4 Å². The summed E-state index contributed by atoms with van der Waals surface area (Å²) in [6.45, 7) is 5.74. The lowest BCUT2D eigenvalue weighted by Gasteiger charge is -2.45. The van der Waals surface area contributed by atoms with Crippen LogP contribution < -0.4 is 4.74 Å². The Morgan fingerprint density at radius 2 is 2.11 bits per heavy atom. The van der Waals surface area contributed by atoms with E-state index < -0.39 is 0 Å². The third kappa shape index (κ3) is 3.02. The smallest absolute Gasteiger partial charge is 0.291 e. The molecule has 0 bridgehead atoms. The first-order chi connectivity index (χ1) is 13.1. The van der Waals surface area contributed by atoms with Crippen molar-refractivity contribution in [2.75, 3.05) is 26.8 Å². The van der Waals surface area contributed by atoms with E-state index in [0.29, 0.717) is 43.5 Å². The number of likely N-dealkylation sites (tertiary alicyclic amines) is 1. The van der Waals surface area contributed by atoms with Gasteiger partial charge in [-0.2, -0.15) is 0 Å². The molecule has 0 unspecified atom stereocenters. The summed E-state index contributed by atoms with van der Waals surface area (Å²) < 4.78 is 17.6. The van der Waals surface area contributed by atoms with Gasteiger partial charge in [-0.05, 0) is 37.8 Å². The van der Waals surface area contributed by atoms with Gasteiger partial charge in [-0.15, -0.1) is 0 Å². The highest BCUT2D eigenvalue weighted by molar-refractivity contribution is 5.92. The van der Waals surface area contributed by atoms with Crippen molar-refractivity contribution in [3.05, 3.63) is 46.7 Å². The van der Waals surface area contributed by atoms with E-state index in [1.165, 1.54) is 5.56 Å². The molecule has 6 heteroatoms. The summed E-state index contributed by atoms with van der Waals surface area (Å²) in [6.07, 6.45) is 3.08. The molecule has 2 aromatic rings. The summed E-state index contributed by atoms with van der Waals surface area (Å²) >= 11 is 0. The predicted octanol–water partition coefficient (Wildman–Crippen LogP) is 3.26. The third-order valence-corrected chi connectivity index (χ3v) is 5.73. The molecule has 0 radical (unpaired) electrons. The van der Waals surface area contributed by atoms with Gasteiger partial charge in [0, 0.05) is 25.1 Å². The second-order valence-corrected chi connectivity index (χ2v) is 7.26. The van der Waals surface area contributed by atoms with Gasteiger partial charge in [0.05, 0.1) is 19.4 Å². The number of carbonyl (C=O) groups excluding carboxylic acids is 1. The van der Waals surface area contributed by atoms with E-state index in [1.807, 2.05) is 30.9 Å². The molecule has 0 atom stereocenters. The SMILES string of the molecule is CCc1nc(C)c(C(=O)N2CCC3(CC2)OCCc2cccc(OC)c23)o1. The van der Waals surface area contributed by atoms with Gasteiger partial charge in [-0.25, -0.2) is 4.98 Å². The van der Waals surface area contributed by atoms with Crippen molar-refractivity contribution in [3.8, 4) is 5.75 Å². The molecule has 1 fully saturated rings. The Balaban J connectivity index is 1.56. The predicted molar refractivity (Wildman–Crippen MR) is 100 cm³/mol. The fraction of sp³-hybridized carbons (Fsp3) is 0.524. The lowest BCUT2D eigenvalue weighted by Crippen LogP contribution is -2.48. The minimum Gasteiger partial charge on any atom is -0.496 e. The van der Waals surface area contributed by atoms with Crippen LogP contribution in [0.3, 0.4) is 0 Å². The van der Waals surface area contributed by atoms with Crippen molar-refractivity contribution in [1.29, 1.82) is 0 Å². The first kappa shape index (κ1) is 18.0. The zero-order chi connectivity index (χ0) is 19.0. The number of rotatable bonds is 3. The zero-order valence-corrected chi connectivity index (χ0v) is 16.2. The Labute approximate surface area is 159 Å². The minimum atomic E-state index is -0.373. The summed E-state index contributed by atoms with van der Waals surface area (Å²) in [4.78, 5) is 19.1. The van der Waals surface area contributed by atoms with Gasteiger partial charge in [0.25, 0.3) is 5.91 Å². The highest BCUT2D eigenvalue weighted by Crippen LogP contribution is 2.45. The highest BCUT2D eigenvalue weighted by atomic mass is 16.5. The van der Waals surface area contributed by atoms with Crippen molar-refractivity contribution >= 4 is 5.91 Å². The highest BCUT2D eigenvalue weighted by Gasteiger charge is 2.44. The lowest BCUT2D eigenvalue weighted by atomic mass is 9.78. The van der Waals surface area contributed by atoms with Crippen LogP contribution in [0.4, 0.5) is 0 Å². The number of methoxy groups -OCH3 is 1. The maximum absolute atomic E-state index is 12.9. The molecule has 1 aromatic heterocycles. The number of aryl methyl sites for hydroxylation is 2. The second-order valence-electron chi connectivity index (χ2n) is 7.26. The maximum Gasteiger partial charge on any atom is 0.291 e. The van der Waals surface area contributed by atoms with Crippen molar-refractivity contribution in [3.63, 3.8) is 0 Å². The molecule has 1 spiro atoms. The number of ether oxygens (including phenoxy) is 2. The topological polar surface area (TPSA) is 64.8 Å². The van der Waals surface area contributed by atoms with E-state index in [9.17, 15) is 4.79 Å². The average Bonchev–Trinajstić information content (AvgIpc) is 3.08. The molecule has 144 valence electrons. The fourth-order valence-corrected chi connectivity index (χ4v) is 4.31. The number of fused-ring (bicyclic) bond motifs is 2. The summed E-state index contributed by atoms with van der Waals surface area (Å²) in [5.74, 6) is 1.78. The normalized spacial score (nSPS) is 18.4. The number of aromatic nitrogens is 1. The van der Waals surface area contributed by atoms with Crippen molar-refractivity contribution in [1.82, 2.24) is 9.88 Å². The Hall–Kier alpha value is -2.34. The van der Waals surface area contributed by atoms with Crippen molar-refractivity contribution in [2.24, 2.45) is 0 Å². The first-order valence-corrected chi connectivity index (χ1v) is 9.64. The summed E-state index contributed by atoms with van der Waals surface area (Å²) in [6, 6.07) is 6.19. The quantitative estimate of drug-likeness (QED) is 0.830. The first-order valence-electron chi connectivity index (χ1n) is 9.64. The molecule has 4 rings (SSSR count). The van der Waals surface area contributed by atoms with Crippen LogP contribution in [-0.2, 0) is 23.2 Å². The maximum atomic E-state index is 12.9. The fourth-order valence-electron chi connectivity index (χ4n) is 4.31. The largest absolute Gasteiger partial charge is 0.496 e. The van der Waals surface area contributed by atoms with Crippen molar-refractivity contribution < 1.29 is 18.7 Å². The molecule has 1 amide bonds. The molecule has 2 aliphatic heterocycles. The molecule has 0 saturated carbocycles. The number of piperidine rings is 1. The molecule has 1 aromatic carbocycles. The molecule has 6 nitrogen and oxygen atoms in total. The van der Waals surface area contributed by atoms with E-state index in [0.717, 1.165) is 30.6 Å². The Bertz CT molecular complexity index is 836. The number of benzene rings is 1. The second kappa shape index (κ2) is 7.00. The zero-order valence-electron chi connectivity index (χ0n) is 16.2. The summed E-state index contributed by atoms with van der Waals surface area (Å²) in [5.41, 5.74) is 2.74. The molecule has 1 saturated heterocycles. The van der Waals surface area contributed by atoms with E-state index in [2.05, 4.69) is 11.1 Å². The Morgan fingerprint density at radius 3 is 2.78 bits per heavy atom. The third-order valence-electron chi connectivity index (χ3n) is 5.73. The van der Waals surface area contributed by atoms with Crippen LogP contribution in [0.1, 0.15) is 53.0 Å². The molecule has 2 aliphatic rings. The van der Waals surface area contributed by atoms with E-state index in [-0.39, 0.29) is 11.5 Å². The number of oxazole rings is 1. The van der Waals surface area contributed by atoms with Gasteiger partial charge >= 0.3 is 0 Å². The van der Waals surface area contributed by atoms with E-state index in [1.54, 1.807) is 7.11 Å². The van der Waals surface area contributed by atoms with E-state index >= 15 is 0 Å². The van der Waals surface area contributed by atoms with Gasteiger partial charge in [-0.3, -0.25) is 4.79 Å². The van der Waals surface area contributed by atoms with Gasteiger partial charge in [-0.1, -0.05) is 19.1 Å². The summed E-state index contributed by atoms with van der Waals surface area (Å²) in [5, 5.41) is 0.